The summed E-state index contributed by atoms with van der Waals surface area (Å²) in [5.74, 6) is 0.335. The second-order valence-corrected chi connectivity index (χ2v) is 5.66. The summed E-state index contributed by atoms with van der Waals surface area (Å²) in [6.07, 6.45) is 3.23. The van der Waals surface area contributed by atoms with Crippen molar-refractivity contribution < 1.29 is 9.53 Å². The summed E-state index contributed by atoms with van der Waals surface area (Å²) in [6, 6.07) is 3.44. The van der Waals surface area contributed by atoms with Gasteiger partial charge in [-0.3, -0.25) is 4.79 Å². The van der Waals surface area contributed by atoms with Crippen molar-refractivity contribution in [2.75, 3.05) is 13.7 Å². The fourth-order valence-corrected chi connectivity index (χ4v) is 3.05. The first kappa shape index (κ1) is 14.5. The lowest BCUT2D eigenvalue weighted by atomic mass is 10.0. The van der Waals surface area contributed by atoms with Crippen LogP contribution in [0.25, 0.3) is 0 Å². The number of ether oxygens (including phenoxy) is 1. The molecule has 1 saturated heterocycles. The molecule has 1 fully saturated rings. The number of likely N-dealkylation sites (tertiary alicyclic amines) is 1. The standard InChI is InChI=1S/C14H17Cl2NO2/c1-9-5-3-4-6-17(9)14(18)11-7-10(15)8-12(16)13(11)19-2/h7-9H,3-6H2,1-2H3/t9-/m1/s1. The van der Waals surface area contributed by atoms with Crippen LogP contribution in [0.1, 0.15) is 36.5 Å². The van der Waals surface area contributed by atoms with Crippen LogP contribution in [0, 0.1) is 0 Å². The van der Waals surface area contributed by atoms with E-state index >= 15 is 0 Å². The first-order chi connectivity index (χ1) is 9.04. The molecule has 19 heavy (non-hydrogen) atoms. The molecule has 1 aliphatic rings. The number of hydrogen-bond donors (Lipinski definition) is 0. The second-order valence-electron chi connectivity index (χ2n) is 4.81. The SMILES string of the molecule is COc1c(Cl)cc(Cl)cc1C(=O)N1CCCC[C@H]1C. The molecule has 5 heteroatoms. The van der Waals surface area contributed by atoms with Crippen LogP contribution in [0.4, 0.5) is 0 Å². The van der Waals surface area contributed by atoms with Crippen LogP contribution < -0.4 is 4.74 Å². The highest BCUT2D eigenvalue weighted by Crippen LogP contribution is 2.34. The zero-order valence-corrected chi connectivity index (χ0v) is 12.6. The van der Waals surface area contributed by atoms with Gasteiger partial charge in [-0.15, -0.1) is 0 Å². The molecule has 0 saturated carbocycles. The number of carbonyl (C=O) groups is 1. The van der Waals surface area contributed by atoms with Crippen LogP contribution >= 0.6 is 23.2 Å². The quantitative estimate of drug-likeness (QED) is 0.826. The third-order valence-electron chi connectivity index (χ3n) is 3.51. The zero-order valence-electron chi connectivity index (χ0n) is 11.1. The van der Waals surface area contributed by atoms with Gasteiger partial charge in [-0.1, -0.05) is 23.2 Å². The van der Waals surface area contributed by atoms with E-state index in [1.807, 2.05) is 4.90 Å². The normalized spacial score (nSPS) is 19.4. The van der Waals surface area contributed by atoms with E-state index < -0.39 is 0 Å². The van der Waals surface area contributed by atoms with Gasteiger partial charge in [-0.25, -0.2) is 0 Å². The van der Waals surface area contributed by atoms with Gasteiger partial charge in [0.25, 0.3) is 5.91 Å². The molecule has 1 aliphatic heterocycles. The average molecular weight is 302 g/mol. The largest absolute Gasteiger partial charge is 0.494 e. The Morgan fingerprint density at radius 2 is 2.11 bits per heavy atom. The maximum absolute atomic E-state index is 12.6. The van der Waals surface area contributed by atoms with Gasteiger partial charge < -0.3 is 9.64 Å². The van der Waals surface area contributed by atoms with E-state index in [9.17, 15) is 4.79 Å². The first-order valence-electron chi connectivity index (χ1n) is 6.38. The van der Waals surface area contributed by atoms with Gasteiger partial charge in [-0.05, 0) is 38.3 Å². The lowest BCUT2D eigenvalue weighted by Gasteiger charge is -2.33. The van der Waals surface area contributed by atoms with E-state index in [1.54, 1.807) is 12.1 Å². The van der Waals surface area contributed by atoms with Gasteiger partial charge in [0.05, 0.1) is 17.7 Å². The Labute approximate surface area is 123 Å². The predicted molar refractivity (Wildman–Crippen MR) is 77.4 cm³/mol. The van der Waals surface area contributed by atoms with E-state index in [4.69, 9.17) is 27.9 Å². The zero-order chi connectivity index (χ0) is 14.0. The van der Waals surface area contributed by atoms with Crippen LogP contribution in [0.2, 0.25) is 10.0 Å². The van der Waals surface area contributed by atoms with Crippen LogP contribution in [-0.4, -0.2) is 30.5 Å². The number of piperidine rings is 1. The number of halogens is 2. The smallest absolute Gasteiger partial charge is 0.257 e. The molecule has 2 rings (SSSR count). The minimum atomic E-state index is -0.0616. The molecule has 104 valence electrons. The summed E-state index contributed by atoms with van der Waals surface area (Å²) in [6.45, 7) is 2.84. The highest BCUT2D eigenvalue weighted by Gasteiger charge is 2.27. The van der Waals surface area contributed by atoms with Crippen LogP contribution in [0.5, 0.6) is 5.75 Å². The fraction of sp³-hybridized carbons (Fsp3) is 0.500. The van der Waals surface area contributed by atoms with E-state index in [0.29, 0.717) is 21.4 Å². The number of rotatable bonds is 2. The molecular weight excluding hydrogens is 285 g/mol. The molecule has 1 amide bonds. The number of hydrogen-bond acceptors (Lipinski definition) is 2. The molecular formula is C14H17Cl2NO2. The molecule has 0 bridgehead atoms. The highest BCUT2D eigenvalue weighted by molar-refractivity contribution is 6.36. The molecule has 0 aliphatic carbocycles. The molecule has 1 aromatic carbocycles. The molecule has 1 atom stereocenters. The summed E-state index contributed by atoms with van der Waals surface area (Å²) >= 11 is 12.1. The van der Waals surface area contributed by atoms with Gasteiger partial charge in [0, 0.05) is 17.6 Å². The van der Waals surface area contributed by atoms with Gasteiger partial charge in [0.15, 0.2) is 0 Å². The first-order valence-corrected chi connectivity index (χ1v) is 7.14. The van der Waals surface area contributed by atoms with Crippen molar-refractivity contribution >= 4 is 29.1 Å². The number of carbonyl (C=O) groups excluding carboxylic acids is 1. The Balaban J connectivity index is 2.37. The molecule has 0 N–H and O–H groups in total. The summed E-state index contributed by atoms with van der Waals surface area (Å²) in [7, 11) is 1.51. The lowest BCUT2D eigenvalue weighted by Crippen LogP contribution is -2.42. The minimum absolute atomic E-state index is 0.0616. The third-order valence-corrected chi connectivity index (χ3v) is 4.01. The van der Waals surface area contributed by atoms with Crippen molar-refractivity contribution in [1.82, 2.24) is 4.90 Å². The molecule has 0 spiro atoms. The highest BCUT2D eigenvalue weighted by atomic mass is 35.5. The van der Waals surface area contributed by atoms with Gasteiger partial charge in [0.2, 0.25) is 0 Å². The molecule has 0 unspecified atom stereocenters. The number of benzene rings is 1. The summed E-state index contributed by atoms with van der Waals surface area (Å²) in [4.78, 5) is 14.5. The molecule has 0 radical (unpaired) electrons. The maximum Gasteiger partial charge on any atom is 0.257 e. The number of methoxy groups -OCH3 is 1. The predicted octanol–water partition coefficient (Wildman–Crippen LogP) is 4.02. The molecule has 1 aromatic rings. The van der Waals surface area contributed by atoms with Crippen molar-refractivity contribution in [2.24, 2.45) is 0 Å². The lowest BCUT2D eigenvalue weighted by molar-refractivity contribution is 0.0632. The van der Waals surface area contributed by atoms with E-state index in [0.717, 1.165) is 19.4 Å². The van der Waals surface area contributed by atoms with E-state index in [2.05, 4.69) is 6.92 Å². The van der Waals surface area contributed by atoms with E-state index in [-0.39, 0.29) is 11.9 Å². The summed E-state index contributed by atoms with van der Waals surface area (Å²) < 4.78 is 5.24. The van der Waals surface area contributed by atoms with Crippen molar-refractivity contribution in [3.05, 3.63) is 27.7 Å². The van der Waals surface area contributed by atoms with Crippen molar-refractivity contribution in [3.63, 3.8) is 0 Å². The Hall–Kier alpha value is -0.930. The van der Waals surface area contributed by atoms with Gasteiger partial charge in [0.1, 0.15) is 5.75 Å². The van der Waals surface area contributed by atoms with E-state index in [1.165, 1.54) is 13.5 Å². The topological polar surface area (TPSA) is 29.5 Å². The fourth-order valence-electron chi connectivity index (χ4n) is 2.48. The Morgan fingerprint density at radius 3 is 2.74 bits per heavy atom. The maximum atomic E-state index is 12.6. The minimum Gasteiger partial charge on any atom is -0.494 e. The Morgan fingerprint density at radius 1 is 1.37 bits per heavy atom. The second kappa shape index (κ2) is 6.02. The number of amides is 1. The van der Waals surface area contributed by atoms with Gasteiger partial charge >= 0.3 is 0 Å². The average Bonchev–Trinajstić information content (AvgIpc) is 2.37. The van der Waals surface area contributed by atoms with Crippen molar-refractivity contribution in [3.8, 4) is 5.75 Å². The summed E-state index contributed by atoms with van der Waals surface area (Å²) in [5.41, 5.74) is 0.439. The Bertz CT molecular complexity index is 491. The summed E-state index contributed by atoms with van der Waals surface area (Å²) in [5, 5.41) is 0.807. The Kier molecular flexibility index (Phi) is 4.58. The van der Waals surface area contributed by atoms with Gasteiger partial charge in [-0.2, -0.15) is 0 Å². The van der Waals surface area contributed by atoms with Crippen LogP contribution in [0.3, 0.4) is 0 Å². The molecule has 3 nitrogen and oxygen atoms in total. The molecule has 1 heterocycles. The van der Waals surface area contributed by atoms with Crippen LogP contribution in [-0.2, 0) is 0 Å². The van der Waals surface area contributed by atoms with Crippen LogP contribution in [0.15, 0.2) is 12.1 Å². The monoisotopic (exact) mass is 301 g/mol. The third kappa shape index (κ3) is 2.98. The van der Waals surface area contributed by atoms with Crippen molar-refractivity contribution in [2.45, 2.75) is 32.2 Å². The molecule has 0 aromatic heterocycles. The number of nitrogens with zero attached hydrogens (tertiary/aromatic N) is 1. The van der Waals surface area contributed by atoms with Crippen molar-refractivity contribution in [1.29, 1.82) is 0 Å².